The van der Waals surface area contributed by atoms with E-state index in [1.165, 1.54) is 191 Å². The van der Waals surface area contributed by atoms with Crippen LogP contribution in [0.2, 0.25) is 0 Å². The van der Waals surface area contributed by atoms with Crippen molar-refractivity contribution < 1.29 is 0 Å². The number of nitrogens with zero attached hydrogens (tertiary/aromatic N) is 1. The number of rotatable bonds is 28. The predicted molar refractivity (Wildman–Crippen MR) is 163 cm³/mol. The highest BCUT2D eigenvalue weighted by atomic mass is 14.6. The number of hydrogen-bond donors (Lipinski definition) is 0. The molecule has 0 atom stereocenters. The first-order chi connectivity index (χ1) is 17.9. The van der Waals surface area contributed by atoms with Crippen LogP contribution in [0, 0.1) is 0 Å². The van der Waals surface area contributed by atoms with Crippen molar-refractivity contribution in [3.05, 3.63) is 29.6 Å². The quantitative estimate of drug-likeness (QED) is 0.104. The van der Waals surface area contributed by atoms with E-state index < -0.39 is 0 Å². The first-order valence-electron chi connectivity index (χ1n) is 16.8. The molecule has 1 nitrogen and oxygen atoms in total. The minimum atomic E-state index is 1.22. The highest BCUT2D eigenvalue weighted by Gasteiger charge is 2.00. The second kappa shape index (κ2) is 27.2. The molecule has 0 radical (unpaired) electrons. The van der Waals surface area contributed by atoms with Crippen molar-refractivity contribution in [1.29, 1.82) is 0 Å². The van der Waals surface area contributed by atoms with Gasteiger partial charge in [0, 0.05) is 12.4 Å². The average molecular weight is 500 g/mol. The lowest BCUT2D eigenvalue weighted by molar-refractivity contribution is 0.538. The molecule has 0 fully saturated rings. The largest absolute Gasteiger partial charge is 0.264 e. The Hall–Kier alpha value is -0.850. The van der Waals surface area contributed by atoms with Gasteiger partial charge in [0.2, 0.25) is 0 Å². The summed E-state index contributed by atoms with van der Waals surface area (Å²) in [5, 5.41) is 0. The van der Waals surface area contributed by atoms with E-state index in [1.807, 2.05) is 0 Å². The summed E-state index contributed by atoms with van der Waals surface area (Å²) in [7, 11) is 0. The zero-order valence-corrected chi connectivity index (χ0v) is 25.0. The van der Waals surface area contributed by atoms with Crippen molar-refractivity contribution in [2.45, 2.75) is 194 Å². The summed E-state index contributed by atoms with van der Waals surface area (Å²) in [5.74, 6) is 0. The van der Waals surface area contributed by atoms with Gasteiger partial charge >= 0.3 is 0 Å². The molecular weight excluding hydrogens is 434 g/mol. The third-order valence-electron chi connectivity index (χ3n) is 7.99. The number of hydrogen-bond acceptors (Lipinski definition) is 1. The molecule has 0 aliphatic carbocycles. The first-order valence-corrected chi connectivity index (χ1v) is 16.8. The lowest BCUT2D eigenvalue weighted by Crippen LogP contribution is -1.93. The number of aromatic nitrogens is 1. The minimum absolute atomic E-state index is 1.22. The molecule has 0 saturated heterocycles. The second-order valence-corrected chi connectivity index (χ2v) is 11.7. The van der Waals surface area contributed by atoms with Crippen LogP contribution in [0.4, 0.5) is 0 Å². The molecule has 210 valence electrons. The van der Waals surface area contributed by atoms with Gasteiger partial charge in [-0.2, -0.15) is 0 Å². The monoisotopic (exact) mass is 500 g/mol. The molecule has 0 bridgehead atoms. The van der Waals surface area contributed by atoms with Gasteiger partial charge in [-0.1, -0.05) is 174 Å². The summed E-state index contributed by atoms with van der Waals surface area (Å²) in [5.41, 5.74) is 2.93. The third kappa shape index (κ3) is 22.4. The molecule has 0 amide bonds. The van der Waals surface area contributed by atoms with Gasteiger partial charge in [-0.05, 0) is 36.8 Å². The van der Waals surface area contributed by atoms with Gasteiger partial charge in [0.05, 0.1) is 0 Å². The Morgan fingerprint density at radius 3 is 0.889 bits per heavy atom. The molecule has 1 heteroatoms. The fourth-order valence-corrected chi connectivity index (χ4v) is 5.51. The van der Waals surface area contributed by atoms with Gasteiger partial charge < -0.3 is 0 Å². The topological polar surface area (TPSA) is 12.9 Å². The van der Waals surface area contributed by atoms with Crippen LogP contribution in [0.15, 0.2) is 18.5 Å². The third-order valence-corrected chi connectivity index (χ3v) is 7.99. The maximum Gasteiger partial charge on any atom is 0.0300 e. The zero-order chi connectivity index (χ0) is 25.8. The van der Waals surface area contributed by atoms with Crippen LogP contribution in [0.1, 0.15) is 192 Å². The molecule has 0 N–H and O–H groups in total. The molecule has 1 rings (SSSR count). The van der Waals surface area contributed by atoms with Crippen LogP contribution in [0.25, 0.3) is 0 Å². The SMILES string of the molecule is CCCCCCCCCCCCCCCc1cncc(CCCCCCCCCCCCCCC)c1. The molecule has 0 aliphatic rings. The van der Waals surface area contributed by atoms with E-state index in [-0.39, 0.29) is 0 Å². The minimum Gasteiger partial charge on any atom is -0.264 e. The lowest BCUT2D eigenvalue weighted by atomic mass is 10.0. The Morgan fingerprint density at radius 1 is 0.361 bits per heavy atom. The summed E-state index contributed by atoms with van der Waals surface area (Å²) < 4.78 is 0. The average Bonchev–Trinajstić information content (AvgIpc) is 2.90. The molecule has 0 aromatic carbocycles. The van der Waals surface area contributed by atoms with E-state index in [4.69, 9.17) is 0 Å². The number of aryl methyl sites for hydroxylation is 2. The van der Waals surface area contributed by atoms with Crippen LogP contribution in [0.5, 0.6) is 0 Å². The van der Waals surface area contributed by atoms with Crippen molar-refractivity contribution in [2.24, 2.45) is 0 Å². The smallest absolute Gasteiger partial charge is 0.0300 e. The van der Waals surface area contributed by atoms with E-state index >= 15 is 0 Å². The van der Waals surface area contributed by atoms with Gasteiger partial charge in [0.1, 0.15) is 0 Å². The standard InChI is InChI=1S/C35H65N/c1-3-5-7-9-11-13-15-17-19-21-23-25-27-29-34-31-35(33-36-32-34)30-28-26-24-22-20-18-16-14-12-10-8-6-4-2/h31-33H,3-30H2,1-2H3. The predicted octanol–water partition coefficient (Wildman–Crippen LogP) is 12.3. The van der Waals surface area contributed by atoms with E-state index in [0.717, 1.165) is 0 Å². The van der Waals surface area contributed by atoms with Crippen LogP contribution >= 0.6 is 0 Å². The summed E-state index contributed by atoms with van der Waals surface area (Å²) >= 11 is 0. The molecule has 0 aliphatic heterocycles. The molecule has 1 heterocycles. The van der Waals surface area contributed by atoms with Crippen molar-refractivity contribution in [3.8, 4) is 0 Å². The highest BCUT2D eigenvalue weighted by Crippen LogP contribution is 2.16. The van der Waals surface area contributed by atoms with E-state index in [2.05, 4.69) is 37.3 Å². The van der Waals surface area contributed by atoms with Gasteiger partial charge in [-0.3, -0.25) is 4.98 Å². The Morgan fingerprint density at radius 2 is 0.611 bits per heavy atom. The molecule has 0 spiro atoms. The number of pyridine rings is 1. The zero-order valence-electron chi connectivity index (χ0n) is 25.0. The van der Waals surface area contributed by atoms with Crippen LogP contribution in [0.3, 0.4) is 0 Å². The van der Waals surface area contributed by atoms with E-state index in [0.29, 0.717) is 0 Å². The molecule has 0 saturated carbocycles. The highest BCUT2D eigenvalue weighted by molar-refractivity contribution is 5.18. The number of unbranched alkanes of at least 4 members (excludes halogenated alkanes) is 24. The molecule has 36 heavy (non-hydrogen) atoms. The molecule has 1 aromatic rings. The van der Waals surface area contributed by atoms with Crippen LogP contribution in [-0.4, -0.2) is 4.98 Å². The first kappa shape index (κ1) is 33.2. The molecule has 0 unspecified atom stereocenters. The van der Waals surface area contributed by atoms with Gasteiger partial charge in [-0.25, -0.2) is 0 Å². The fraction of sp³-hybridized carbons (Fsp3) is 0.857. The molecule has 1 aromatic heterocycles. The van der Waals surface area contributed by atoms with Gasteiger partial charge in [-0.15, -0.1) is 0 Å². The lowest BCUT2D eigenvalue weighted by Gasteiger charge is -2.06. The van der Waals surface area contributed by atoms with Crippen molar-refractivity contribution in [1.82, 2.24) is 4.98 Å². The molecular formula is C35H65N. The van der Waals surface area contributed by atoms with E-state index in [9.17, 15) is 0 Å². The Kier molecular flexibility index (Phi) is 25.1. The summed E-state index contributed by atoms with van der Waals surface area (Å²) in [4.78, 5) is 4.55. The Balaban J connectivity index is 1.89. The van der Waals surface area contributed by atoms with Crippen LogP contribution < -0.4 is 0 Å². The summed E-state index contributed by atoms with van der Waals surface area (Å²) in [6, 6.07) is 2.44. The van der Waals surface area contributed by atoms with E-state index in [1.54, 1.807) is 0 Å². The van der Waals surface area contributed by atoms with Crippen molar-refractivity contribution in [2.75, 3.05) is 0 Å². The summed E-state index contributed by atoms with van der Waals surface area (Å²) in [6.07, 6.45) is 43.8. The summed E-state index contributed by atoms with van der Waals surface area (Å²) in [6.45, 7) is 4.60. The van der Waals surface area contributed by atoms with Crippen molar-refractivity contribution in [3.63, 3.8) is 0 Å². The maximum absolute atomic E-state index is 4.55. The normalized spacial score (nSPS) is 11.4. The van der Waals surface area contributed by atoms with Crippen LogP contribution in [-0.2, 0) is 12.8 Å². The Bertz CT molecular complexity index is 506. The fourth-order valence-electron chi connectivity index (χ4n) is 5.51. The van der Waals surface area contributed by atoms with Gasteiger partial charge in [0.15, 0.2) is 0 Å². The second-order valence-electron chi connectivity index (χ2n) is 11.7. The maximum atomic E-state index is 4.55. The Labute approximate surface area is 228 Å². The van der Waals surface area contributed by atoms with Gasteiger partial charge in [0.25, 0.3) is 0 Å². The van der Waals surface area contributed by atoms with Crippen molar-refractivity contribution >= 4 is 0 Å².